The van der Waals surface area contributed by atoms with Crippen molar-refractivity contribution in [2.75, 3.05) is 39.9 Å². The Hall–Kier alpha value is -0.633. The van der Waals surface area contributed by atoms with Crippen molar-refractivity contribution in [3.8, 4) is 17.2 Å². The molecule has 1 saturated heterocycles. The Bertz CT molecular complexity index is 2140. The molecule has 1 N–H and O–H groups in total. The second-order valence-corrected chi connectivity index (χ2v) is 32.6. The van der Waals surface area contributed by atoms with E-state index in [9.17, 15) is 9.90 Å². The van der Waals surface area contributed by atoms with Gasteiger partial charge in [0.15, 0.2) is 0 Å². The Balaban J connectivity index is 0.000000137. The highest BCUT2D eigenvalue weighted by molar-refractivity contribution is 9.11. The standard InChI is InChI=1S/C17H21BrO2.C17H21BrO.C10H14O.C7H6Br2O.C6H16Si.C4H8O.CH2Cl2/c1-20-16-8-14(7-15(18)9-16)17(19)12-3-10-2-11(5-12)6-13(17)4-10;1-19-16-8-14(7-15(18)9-16)17-12-3-10-2-11(5-12)6-13(17)4-10;11-10-8-2-6-1-7(4-8)5-9(10)3-6;1-10-7-3-5(8)2-6(9)4-7;1-4-7(5-2)6-3;1-2-4-5-3-1;2-1-3/h7-13,19H,2-6H2,1H3;7-13,17H,2-6H2,1H3;6-9H,1-5H2;2-4H,1H3;7H,4-6H2,1-3H3;1-4H2;1H2. The molecule has 13 heteroatoms. The van der Waals surface area contributed by atoms with E-state index in [-0.39, 0.29) is 14.1 Å². The minimum atomic E-state index is -0.634. The molecular formula is C62H88Br4Cl2O6Si. The molecule has 12 bridgehead atoms. The smallest absolute Gasteiger partial charge is 0.139 e. The Morgan fingerprint density at radius 1 is 0.533 bits per heavy atom. The van der Waals surface area contributed by atoms with Crippen molar-refractivity contribution in [2.24, 2.45) is 71.0 Å². The van der Waals surface area contributed by atoms with Gasteiger partial charge in [-0.25, -0.2) is 0 Å². The van der Waals surface area contributed by atoms with Crippen LogP contribution in [0.5, 0.6) is 17.2 Å². The van der Waals surface area contributed by atoms with Gasteiger partial charge in [-0.05, 0) is 240 Å². The third-order valence-corrected chi connectivity index (χ3v) is 24.6. The number of benzene rings is 3. The summed E-state index contributed by atoms with van der Waals surface area (Å²) >= 11 is 23.4. The third-order valence-electron chi connectivity index (χ3n) is 19.3. The van der Waals surface area contributed by atoms with Crippen molar-refractivity contribution in [3.05, 3.63) is 83.6 Å². The SMILES string of the molecule is C1CCOC1.CC[SiH](CC)CC.COc1cc(Br)cc(Br)c1.COc1cc(Br)cc(C2(O)C3CC4CC(C3)CC2C4)c1.COc1cc(Br)cc(C2C3CC4CC(C3)CC2C4)c1.ClCCl.O=C1C2CC3CC(C2)CC1C3. The lowest BCUT2D eigenvalue weighted by atomic mass is 9.48. The molecule has 0 radical (unpaired) electrons. The van der Waals surface area contributed by atoms with Crippen LogP contribution in [-0.2, 0) is 15.1 Å². The van der Waals surface area contributed by atoms with Crippen LogP contribution in [0.3, 0.4) is 0 Å². The molecule has 0 unspecified atom stereocenters. The fourth-order valence-corrected chi connectivity index (χ4v) is 20.3. The first kappa shape index (κ1) is 62.0. The summed E-state index contributed by atoms with van der Waals surface area (Å²) in [6.07, 6.45) is 22.6. The predicted molar refractivity (Wildman–Crippen MR) is 328 cm³/mol. The maximum atomic E-state index is 11.6. The monoisotopic (exact) mass is 1340 g/mol. The molecule has 3 aromatic rings. The lowest BCUT2D eigenvalue weighted by Gasteiger charge is -2.59. The van der Waals surface area contributed by atoms with Gasteiger partial charge in [0.25, 0.3) is 0 Å². The number of hydrogen-bond donors (Lipinski definition) is 1. The number of alkyl halides is 2. The maximum absolute atomic E-state index is 11.6. The molecule has 12 aliphatic carbocycles. The zero-order valence-corrected chi connectivity index (χ0v) is 54.8. The summed E-state index contributed by atoms with van der Waals surface area (Å²) < 4.78 is 25.0. The Morgan fingerprint density at radius 3 is 1.27 bits per heavy atom. The first-order chi connectivity index (χ1) is 36.1. The summed E-state index contributed by atoms with van der Waals surface area (Å²) in [4.78, 5) is 11.6. The molecule has 16 rings (SSSR count). The van der Waals surface area contributed by atoms with Crippen LogP contribution in [0.2, 0.25) is 18.1 Å². The fraction of sp³-hybridized carbons (Fsp3) is 0.694. The van der Waals surface area contributed by atoms with E-state index in [0.29, 0.717) is 29.5 Å². The Labute approximate surface area is 497 Å². The topological polar surface area (TPSA) is 74.2 Å². The molecule has 1 aliphatic heterocycles. The van der Waals surface area contributed by atoms with Crippen molar-refractivity contribution in [3.63, 3.8) is 0 Å². The number of carbonyl (C=O) groups is 1. The van der Waals surface area contributed by atoms with Gasteiger partial charge < -0.3 is 24.1 Å². The van der Waals surface area contributed by atoms with Crippen LogP contribution in [0, 0.1) is 71.0 Å². The number of carbonyl (C=O) groups excluding carboxylic acids is 1. The van der Waals surface area contributed by atoms with Crippen molar-refractivity contribution >= 4 is 102 Å². The summed E-state index contributed by atoms with van der Waals surface area (Å²) in [5, 5.41) is 11.7. The molecule has 0 aromatic heterocycles. The van der Waals surface area contributed by atoms with Crippen LogP contribution in [0.4, 0.5) is 0 Å². The summed E-state index contributed by atoms with van der Waals surface area (Å²) in [6.45, 7) is 8.97. The molecule has 13 fully saturated rings. The number of ketones is 1. The van der Waals surface area contributed by atoms with E-state index in [1.54, 1.807) is 21.3 Å². The number of aliphatic hydroxyl groups is 1. The van der Waals surface area contributed by atoms with E-state index in [0.717, 1.165) is 107 Å². The molecular weight excluding hydrogens is 1260 g/mol. The first-order valence-corrected chi connectivity index (χ1v) is 35.5. The lowest BCUT2D eigenvalue weighted by Crippen LogP contribution is -2.55. The van der Waals surface area contributed by atoms with Crippen LogP contribution in [0.25, 0.3) is 0 Å². The Morgan fingerprint density at radius 2 is 0.893 bits per heavy atom. The van der Waals surface area contributed by atoms with Gasteiger partial charge in [0.05, 0.1) is 32.3 Å². The minimum absolute atomic E-state index is 0.171. The molecule has 13 aliphatic rings. The van der Waals surface area contributed by atoms with Gasteiger partial charge in [-0.1, -0.05) is 103 Å². The average Bonchev–Trinajstić information content (AvgIpc) is 3.98. The number of Topliss-reactive ketones (excluding diaryl/α,β-unsaturated/α-hetero) is 1. The van der Waals surface area contributed by atoms with Crippen LogP contribution < -0.4 is 14.2 Å². The lowest BCUT2D eigenvalue weighted by molar-refractivity contribution is -0.179. The van der Waals surface area contributed by atoms with E-state index < -0.39 is 5.60 Å². The fourth-order valence-electron chi connectivity index (χ4n) is 16.3. The van der Waals surface area contributed by atoms with E-state index >= 15 is 0 Å². The van der Waals surface area contributed by atoms with Crippen molar-refractivity contribution in [2.45, 2.75) is 160 Å². The molecule has 0 spiro atoms. The van der Waals surface area contributed by atoms with Crippen LogP contribution in [-0.4, -0.2) is 59.6 Å². The number of hydrogen-bond acceptors (Lipinski definition) is 6. The minimum Gasteiger partial charge on any atom is -0.497 e. The molecule has 0 amide bonds. The zero-order chi connectivity index (χ0) is 53.8. The number of methoxy groups -OCH3 is 3. The van der Waals surface area contributed by atoms with Gasteiger partial charge in [-0.15, -0.1) is 23.2 Å². The van der Waals surface area contributed by atoms with Crippen molar-refractivity contribution in [1.82, 2.24) is 0 Å². The summed E-state index contributed by atoms with van der Waals surface area (Å²) in [7, 11) is 4.93. The highest BCUT2D eigenvalue weighted by Gasteiger charge is 2.57. The maximum Gasteiger partial charge on any atom is 0.139 e. The third kappa shape index (κ3) is 16.5. The van der Waals surface area contributed by atoms with Crippen molar-refractivity contribution < 1.29 is 28.8 Å². The van der Waals surface area contributed by atoms with Gasteiger partial charge >= 0.3 is 0 Å². The number of halogens is 6. The molecule has 0 atom stereocenters. The zero-order valence-electron chi connectivity index (χ0n) is 45.8. The molecule has 3 aromatic carbocycles. The largest absolute Gasteiger partial charge is 0.497 e. The van der Waals surface area contributed by atoms with Gasteiger partial charge in [0.1, 0.15) is 23.0 Å². The second-order valence-electron chi connectivity index (χ2n) is 23.9. The van der Waals surface area contributed by atoms with Gasteiger partial charge in [0, 0.05) is 51.7 Å². The summed E-state index contributed by atoms with van der Waals surface area (Å²) in [5.41, 5.74) is 1.93. The molecule has 12 saturated carbocycles. The van der Waals surface area contributed by atoms with Crippen LogP contribution >= 0.6 is 86.9 Å². The highest BCUT2D eigenvalue weighted by atomic mass is 79.9. The molecule has 1 heterocycles. The Kier molecular flexibility index (Phi) is 24.7. The van der Waals surface area contributed by atoms with Crippen LogP contribution in [0.1, 0.15) is 147 Å². The molecule has 418 valence electrons. The number of ether oxygens (including phenoxy) is 4. The van der Waals surface area contributed by atoms with Crippen molar-refractivity contribution in [1.29, 1.82) is 0 Å². The quantitative estimate of drug-likeness (QED) is 0.179. The van der Waals surface area contributed by atoms with Gasteiger partial charge in [-0.3, -0.25) is 4.79 Å². The average molecular weight is 1350 g/mol. The normalized spacial score (nSPS) is 33.1. The van der Waals surface area contributed by atoms with E-state index in [2.05, 4.69) is 109 Å². The number of rotatable bonds is 8. The molecule has 75 heavy (non-hydrogen) atoms. The van der Waals surface area contributed by atoms with Gasteiger partial charge in [-0.2, -0.15) is 0 Å². The molecule has 6 nitrogen and oxygen atoms in total. The van der Waals surface area contributed by atoms with E-state index in [1.807, 2.05) is 30.3 Å². The predicted octanol–water partition coefficient (Wildman–Crippen LogP) is 18.8. The first-order valence-electron chi connectivity index (χ1n) is 28.8. The van der Waals surface area contributed by atoms with Crippen LogP contribution in [0.15, 0.2) is 72.5 Å². The van der Waals surface area contributed by atoms with E-state index in [1.165, 1.54) is 133 Å². The highest BCUT2D eigenvalue weighted by Crippen LogP contribution is 2.63. The summed E-state index contributed by atoms with van der Waals surface area (Å²) in [6, 6.07) is 23.0. The van der Waals surface area contributed by atoms with Gasteiger partial charge in [0.2, 0.25) is 0 Å². The summed E-state index contributed by atoms with van der Waals surface area (Å²) in [5.74, 6) is 13.6. The van der Waals surface area contributed by atoms with E-state index in [4.69, 9.17) is 42.1 Å². The second kappa shape index (κ2) is 29.9.